The predicted octanol–water partition coefficient (Wildman–Crippen LogP) is 4.86. The number of methoxy groups -OCH3 is 1. The summed E-state index contributed by atoms with van der Waals surface area (Å²) in [6, 6.07) is 25.8. The topological polar surface area (TPSA) is 9.23 Å². The average molecular weight is 272 g/mol. The highest BCUT2D eigenvalue weighted by Gasteiger charge is 2.29. The summed E-state index contributed by atoms with van der Waals surface area (Å²) in [7, 11) is 1.72. The minimum atomic E-state index is 0.299. The minimum Gasteiger partial charge on any atom is -0.497 e. The van der Waals surface area contributed by atoms with Crippen LogP contribution in [-0.4, -0.2) is 7.11 Å². The van der Waals surface area contributed by atoms with E-state index < -0.39 is 0 Å². The molecule has 0 atom stereocenters. The van der Waals surface area contributed by atoms with Crippen LogP contribution < -0.4 is 4.74 Å². The Morgan fingerprint density at radius 3 is 1.95 bits per heavy atom. The molecule has 0 aliphatic heterocycles. The number of fused-ring (bicyclic) bond motifs is 3. The zero-order chi connectivity index (χ0) is 14.2. The van der Waals surface area contributed by atoms with Gasteiger partial charge in [0.05, 0.1) is 7.11 Å². The minimum absolute atomic E-state index is 0.299. The van der Waals surface area contributed by atoms with Gasteiger partial charge in [-0.2, -0.15) is 0 Å². The van der Waals surface area contributed by atoms with E-state index in [4.69, 9.17) is 4.74 Å². The molecule has 0 aromatic heterocycles. The van der Waals surface area contributed by atoms with Crippen molar-refractivity contribution >= 4 is 0 Å². The molecule has 0 bridgehead atoms. The first-order valence-corrected chi connectivity index (χ1v) is 7.20. The second-order valence-electron chi connectivity index (χ2n) is 5.38. The lowest BCUT2D eigenvalue weighted by Gasteiger charge is -2.15. The Labute approximate surface area is 124 Å². The van der Waals surface area contributed by atoms with Crippen LogP contribution in [0.5, 0.6) is 5.75 Å². The zero-order valence-electron chi connectivity index (χ0n) is 11.9. The van der Waals surface area contributed by atoms with Crippen LogP contribution in [0.4, 0.5) is 0 Å². The van der Waals surface area contributed by atoms with Crippen molar-refractivity contribution < 1.29 is 4.74 Å². The third kappa shape index (κ3) is 1.85. The first-order valence-electron chi connectivity index (χ1n) is 7.20. The molecule has 0 heterocycles. The van der Waals surface area contributed by atoms with Crippen molar-refractivity contribution in [2.24, 2.45) is 0 Å². The van der Waals surface area contributed by atoms with Gasteiger partial charge in [0.15, 0.2) is 0 Å². The highest BCUT2D eigenvalue weighted by Crippen LogP contribution is 2.47. The fraction of sp³-hybridized carbons (Fsp3) is 0.100. The summed E-state index contributed by atoms with van der Waals surface area (Å²) in [5.74, 6) is 1.21. The lowest BCUT2D eigenvalue weighted by molar-refractivity contribution is 0.414. The summed E-state index contributed by atoms with van der Waals surface area (Å²) in [6.07, 6.45) is 0. The molecule has 1 aliphatic carbocycles. The molecular formula is C20H16O. The highest BCUT2D eigenvalue weighted by molar-refractivity contribution is 5.80. The van der Waals surface area contributed by atoms with Gasteiger partial charge < -0.3 is 4.74 Å². The van der Waals surface area contributed by atoms with Crippen LogP contribution in [-0.2, 0) is 0 Å². The molecule has 102 valence electrons. The maximum atomic E-state index is 5.39. The van der Waals surface area contributed by atoms with Gasteiger partial charge in [-0.1, -0.05) is 60.7 Å². The third-order valence-corrected chi connectivity index (χ3v) is 4.26. The smallest absolute Gasteiger partial charge is 0.119 e. The fourth-order valence-corrected chi connectivity index (χ4v) is 3.34. The summed E-state index contributed by atoms with van der Waals surface area (Å²) >= 11 is 0. The maximum absolute atomic E-state index is 5.39. The van der Waals surface area contributed by atoms with Crippen molar-refractivity contribution in [2.45, 2.75) is 5.92 Å². The largest absolute Gasteiger partial charge is 0.497 e. The monoisotopic (exact) mass is 272 g/mol. The normalized spacial score (nSPS) is 12.8. The van der Waals surface area contributed by atoms with Crippen molar-refractivity contribution in [1.29, 1.82) is 0 Å². The summed E-state index contributed by atoms with van der Waals surface area (Å²) in [4.78, 5) is 0. The van der Waals surface area contributed by atoms with Crippen molar-refractivity contribution in [3.05, 3.63) is 89.5 Å². The van der Waals surface area contributed by atoms with Gasteiger partial charge in [0.1, 0.15) is 5.75 Å². The molecule has 0 unspecified atom stereocenters. The van der Waals surface area contributed by atoms with Gasteiger partial charge in [-0.15, -0.1) is 0 Å². The number of hydrogen-bond acceptors (Lipinski definition) is 1. The van der Waals surface area contributed by atoms with E-state index in [1.165, 1.54) is 27.8 Å². The Balaban J connectivity index is 1.96. The van der Waals surface area contributed by atoms with Crippen LogP contribution in [0, 0.1) is 0 Å². The lowest BCUT2D eigenvalue weighted by atomic mass is 9.89. The Kier molecular flexibility index (Phi) is 2.78. The van der Waals surface area contributed by atoms with E-state index in [1.54, 1.807) is 7.11 Å². The van der Waals surface area contributed by atoms with E-state index in [0.717, 1.165) is 5.75 Å². The van der Waals surface area contributed by atoms with E-state index in [2.05, 4.69) is 66.7 Å². The van der Waals surface area contributed by atoms with Gasteiger partial charge >= 0.3 is 0 Å². The third-order valence-electron chi connectivity index (χ3n) is 4.26. The van der Waals surface area contributed by atoms with E-state index in [9.17, 15) is 0 Å². The maximum Gasteiger partial charge on any atom is 0.119 e. The van der Waals surface area contributed by atoms with Crippen LogP contribution in [0.3, 0.4) is 0 Å². The molecule has 21 heavy (non-hydrogen) atoms. The molecule has 1 heteroatoms. The van der Waals surface area contributed by atoms with Crippen molar-refractivity contribution in [3.8, 4) is 16.9 Å². The first-order chi connectivity index (χ1) is 10.4. The summed E-state index contributed by atoms with van der Waals surface area (Å²) in [6.45, 7) is 0. The molecular weight excluding hydrogens is 256 g/mol. The first kappa shape index (κ1) is 12.2. The molecule has 0 radical (unpaired) electrons. The number of hydrogen-bond donors (Lipinski definition) is 0. The second-order valence-corrected chi connectivity index (χ2v) is 5.38. The van der Waals surface area contributed by atoms with E-state index in [1.807, 2.05) is 6.07 Å². The Bertz CT molecular complexity index is 759. The van der Waals surface area contributed by atoms with Gasteiger partial charge in [0.2, 0.25) is 0 Å². The van der Waals surface area contributed by atoms with E-state index in [-0.39, 0.29) is 0 Å². The zero-order valence-corrected chi connectivity index (χ0v) is 11.9. The van der Waals surface area contributed by atoms with Gasteiger partial charge in [0.25, 0.3) is 0 Å². The molecule has 0 spiro atoms. The predicted molar refractivity (Wildman–Crippen MR) is 85.8 cm³/mol. The Hall–Kier alpha value is -2.54. The van der Waals surface area contributed by atoms with E-state index in [0.29, 0.717) is 5.92 Å². The molecule has 3 aromatic rings. The van der Waals surface area contributed by atoms with Gasteiger partial charge in [-0.25, -0.2) is 0 Å². The summed E-state index contributed by atoms with van der Waals surface area (Å²) in [5.41, 5.74) is 6.74. The Morgan fingerprint density at radius 1 is 0.714 bits per heavy atom. The van der Waals surface area contributed by atoms with Crippen LogP contribution in [0.15, 0.2) is 72.8 Å². The van der Waals surface area contributed by atoms with E-state index >= 15 is 0 Å². The van der Waals surface area contributed by atoms with Crippen LogP contribution in [0.2, 0.25) is 0 Å². The standard InChI is InChI=1S/C20H16O/c1-21-15-8-6-7-14(13-15)20-18-11-4-2-9-16(18)17-10-3-5-12-19(17)20/h2-13,20H,1H3. The number of ether oxygens (including phenoxy) is 1. The van der Waals surface area contributed by atoms with Crippen molar-refractivity contribution in [1.82, 2.24) is 0 Å². The molecule has 4 rings (SSSR count). The van der Waals surface area contributed by atoms with Gasteiger partial charge in [0, 0.05) is 5.92 Å². The number of benzene rings is 3. The molecule has 3 aromatic carbocycles. The summed E-state index contributed by atoms with van der Waals surface area (Å²) < 4.78 is 5.39. The number of rotatable bonds is 2. The molecule has 0 saturated carbocycles. The second kappa shape index (κ2) is 4.78. The van der Waals surface area contributed by atoms with Crippen LogP contribution >= 0.6 is 0 Å². The van der Waals surface area contributed by atoms with Gasteiger partial charge in [-0.3, -0.25) is 0 Å². The molecule has 0 fully saturated rings. The fourth-order valence-electron chi connectivity index (χ4n) is 3.34. The quantitative estimate of drug-likeness (QED) is 0.506. The van der Waals surface area contributed by atoms with Crippen LogP contribution in [0.25, 0.3) is 11.1 Å². The highest BCUT2D eigenvalue weighted by atomic mass is 16.5. The average Bonchev–Trinajstić information content (AvgIpc) is 2.89. The lowest BCUT2D eigenvalue weighted by Crippen LogP contribution is -1.99. The van der Waals surface area contributed by atoms with Crippen molar-refractivity contribution in [3.63, 3.8) is 0 Å². The van der Waals surface area contributed by atoms with Gasteiger partial charge in [-0.05, 0) is 39.9 Å². The molecule has 1 nitrogen and oxygen atoms in total. The molecule has 0 saturated heterocycles. The SMILES string of the molecule is COc1cccc(C2c3ccccc3-c3ccccc32)c1. The molecule has 0 amide bonds. The summed E-state index contributed by atoms with van der Waals surface area (Å²) in [5, 5.41) is 0. The molecule has 0 N–H and O–H groups in total. The van der Waals surface area contributed by atoms with Crippen LogP contribution in [0.1, 0.15) is 22.6 Å². The Morgan fingerprint density at radius 2 is 1.33 bits per heavy atom. The van der Waals surface area contributed by atoms with Crippen molar-refractivity contribution in [2.75, 3.05) is 7.11 Å². The molecule has 1 aliphatic rings.